The summed E-state index contributed by atoms with van der Waals surface area (Å²) in [7, 11) is -3.03. The van der Waals surface area contributed by atoms with Crippen LogP contribution in [-0.4, -0.2) is 34.3 Å². The fraction of sp³-hybridized carbons (Fsp3) is 1.00. The molecule has 1 saturated carbocycles. The van der Waals surface area contributed by atoms with Gasteiger partial charge < -0.3 is 5.32 Å². The number of nitrogens with one attached hydrogen (secondary N) is 2. The summed E-state index contributed by atoms with van der Waals surface area (Å²) in [5, 5.41) is 3.32. The molecule has 0 atom stereocenters. The van der Waals surface area contributed by atoms with Gasteiger partial charge in [0.05, 0.1) is 6.26 Å². The van der Waals surface area contributed by atoms with E-state index in [2.05, 4.69) is 17.0 Å². The lowest BCUT2D eigenvalue weighted by Gasteiger charge is -2.26. The molecule has 5 heteroatoms. The van der Waals surface area contributed by atoms with Gasteiger partial charge in [0.2, 0.25) is 10.0 Å². The van der Waals surface area contributed by atoms with E-state index >= 15 is 0 Å². The smallest absolute Gasteiger partial charge is 0.208 e. The van der Waals surface area contributed by atoms with Crippen molar-refractivity contribution in [2.75, 3.05) is 25.9 Å². The van der Waals surface area contributed by atoms with Crippen LogP contribution in [0.3, 0.4) is 0 Å². The van der Waals surface area contributed by atoms with Crippen molar-refractivity contribution < 1.29 is 8.42 Å². The Labute approximate surface area is 99.2 Å². The number of hydrogen-bond acceptors (Lipinski definition) is 3. The van der Waals surface area contributed by atoms with Crippen molar-refractivity contribution in [3.63, 3.8) is 0 Å². The summed E-state index contributed by atoms with van der Waals surface area (Å²) >= 11 is 0. The third-order valence-electron chi connectivity index (χ3n) is 3.23. The van der Waals surface area contributed by atoms with Gasteiger partial charge in [0, 0.05) is 13.1 Å². The fourth-order valence-electron chi connectivity index (χ4n) is 2.16. The first-order chi connectivity index (χ1) is 7.47. The SMILES string of the molecule is CC1CCC(CNCCNS(C)(=O)=O)CC1. The van der Waals surface area contributed by atoms with Gasteiger partial charge in [-0.3, -0.25) is 0 Å². The molecule has 0 unspecified atom stereocenters. The zero-order valence-corrected chi connectivity index (χ0v) is 11.1. The molecule has 0 aliphatic heterocycles. The highest BCUT2D eigenvalue weighted by Gasteiger charge is 2.17. The summed E-state index contributed by atoms with van der Waals surface area (Å²) in [6.07, 6.45) is 6.50. The summed E-state index contributed by atoms with van der Waals surface area (Å²) in [4.78, 5) is 0. The molecular formula is C11H24N2O2S. The van der Waals surface area contributed by atoms with E-state index < -0.39 is 10.0 Å². The molecule has 1 fully saturated rings. The Bertz CT molecular complexity index is 282. The van der Waals surface area contributed by atoms with E-state index in [1.807, 2.05) is 0 Å². The minimum atomic E-state index is -3.03. The lowest BCUT2D eigenvalue weighted by molar-refractivity contribution is 0.282. The molecule has 1 rings (SSSR count). The molecule has 96 valence electrons. The Hall–Kier alpha value is -0.130. The van der Waals surface area contributed by atoms with Crippen LogP contribution in [0.5, 0.6) is 0 Å². The van der Waals surface area contributed by atoms with E-state index in [9.17, 15) is 8.42 Å². The molecule has 1 aliphatic rings. The topological polar surface area (TPSA) is 58.2 Å². The monoisotopic (exact) mass is 248 g/mol. The van der Waals surface area contributed by atoms with Gasteiger partial charge in [0.15, 0.2) is 0 Å². The van der Waals surface area contributed by atoms with Crippen LogP contribution in [0.2, 0.25) is 0 Å². The van der Waals surface area contributed by atoms with E-state index in [-0.39, 0.29) is 0 Å². The molecule has 0 bridgehead atoms. The zero-order valence-electron chi connectivity index (χ0n) is 10.3. The van der Waals surface area contributed by atoms with Crippen molar-refractivity contribution in [1.29, 1.82) is 0 Å². The molecule has 0 heterocycles. The Balaban J connectivity index is 1.99. The Kier molecular flexibility index (Phi) is 5.72. The summed E-state index contributed by atoms with van der Waals surface area (Å²) in [5.41, 5.74) is 0. The molecule has 16 heavy (non-hydrogen) atoms. The van der Waals surface area contributed by atoms with Crippen molar-refractivity contribution >= 4 is 10.0 Å². The lowest BCUT2D eigenvalue weighted by Crippen LogP contribution is -2.34. The van der Waals surface area contributed by atoms with E-state index in [0.717, 1.165) is 24.9 Å². The molecule has 0 amide bonds. The van der Waals surface area contributed by atoms with Crippen LogP contribution in [0.25, 0.3) is 0 Å². The van der Waals surface area contributed by atoms with Gasteiger partial charge >= 0.3 is 0 Å². The largest absolute Gasteiger partial charge is 0.315 e. The lowest BCUT2D eigenvalue weighted by atomic mass is 9.83. The van der Waals surface area contributed by atoms with Crippen LogP contribution in [0.4, 0.5) is 0 Å². The molecular weight excluding hydrogens is 224 g/mol. The number of sulfonamides is 1. The van der Waals surface area contributed by atoms with E-state index in [1.54, 1.807) is 0 Å². The van der Waals surface area contributed by atoms with Gasteiger partial charge in [-0.25, -0.2) is 13.1 Å². The van der Waals surface area contributed by atoms with E-state index in [4.69, 9.17) is 0 Å². The Morgan fingerprint density at radius 1 is 1.12 bits per heavy atom. The maximum Gasteiger partial charge on any atom is 0.208 e. The van der Waals surface area contributed by atoms with E-state index in [1.165, 1.54) is 31.9 Å². The molecule has 0 aromatic rings. The quantitative estimate of drug-likeness (QED) is 0.688. The van der Waals surface area contributed by atoms with Crippen LogP contribution in [0.1, 0.15) is 32.6 Å². The number of hydrogen-bond donors (Lipinski definition) is 2. The van der Waals surface area contributed by atoms with Gasteiger partial charge in [0.25, 0.3) is 0 Å². The first-order valence-electron chi connectivity index (χ1n) is 6.12. The maximum absolute atomic E-state index is 10.8. The van der Waals surface area contributed by atoms with E-state index in [0.29, 0.717) is 6.54 Å². The average molecular weight is 248 g/mol. The predicted octanol–water partition coefficient (Wildman–Crippen LogP) is 0.952. The second-order valence-corrected chi connectivity index (χ2v) is 6.83. The maximum atomic E-state index is 10.8. The number of rotatable bonds is 6. The van der Waals surface area contributed by atoms with Crippen molar-refractivity contribution in [1.82, 2.24) is 10.0 Å². The normalized spacial score (nSPS) is 26.9. The molecule has 4 nitrogen and oxygen atoms in total. The van der Waals surface area contributed by atoms with Gasteiger partial charge in [-0.15, -0.1) is 0 Å². The average Bonchev–Trinajstić information content (AvgIpc) is 2.19. The summed E-state index contributed by atoms with van der Waals surface area (Å²) in [6, 6.07) is 0. The van der Waals surface area contributed by atoms with Crippen molar-refractivity contribution in [3.05, 3.63) is 0 Å². The molecule has 0 spiro atoms. The highest BCUT2D eigenvalue weighted by molar-refractivity contribution is 7.88. The Morgan fingerprint density at radius 2 is 1.75 bits per heavy atom. The van der Waals surface area contributed by atoms with Crippen LogP contribution in [0, 0.1) is 11.8 Å². The highest BCUT2D eigenvalue weighted by atomic mass is 32.2. The first-order valence-corrected chi connectivity index (χ1v) is 8.02. The summed E-state index contributed by atoms with van der Waals surface area (Å²) < 4.78 is 24.1. The minimum Gasteiger partial charge on any atom is -0.315 e. The molecule has 0 aromatic carbocycles. The summed E-state index contributed by atoms with van der Waals surface area (Å²) in [6.45, 7) is 4.55. The van der Waals surface area contributed by atoms with Crippen LogP contribution < -0.4 is 10.0 Å². The van der Waals surface area contributed by atoms with Crippen molar-refractivity contribution in [2.45, 2.75) is 32.6 Å². The molecule has 0 saturated heterocycles. The van der Waals surface area contributed by atoms with Crippen LogP contribution in [-0.2, 0) is 10.0 Å². The van der Waals surface area contributed by atoms with Gasteiger partial charge in [-0.1, -0.05) is 19.8 Å². The second kappa shape index (κ2) is 6.57. The van der Waals surface area contributed by atoms with Crippen LogP contribution >= 0.6 is 0 Å². The predicted molar refractivity (Wildman–Crippen MR) is 66.8 cm³/mol. The third kappa shape index (κ3) is 6.45. The van der Waals surface area contributed by atoms with Crippen LogP contribution in [0.15, 0.2) is 0 Å². The summed E-state index contributed by atoms with van der Waals surface area (Å²) in [5.74, 6) is 1.68. The zero-order chi connectivity index (χ0) is 12.0. The minimum absolute atomic E-state index is 0.488. The van der Waals surface area contributed by atoms with Gasteiger partial charge in [0.1, 0.15) is 0 Å². The third-order valence-corrected chi connectivity index (χ3v) is 3.96. The van der Waals surface area contributed by atoms with Crippen molar-refractivity contribution in [3.8, 4) is 0 Å². The van der Waals surface area contributed by atoms with Crippen molar-refractivity contribution in [2.24, 2.45) is 11.8 Å². The first kappa shape index (κ1) is 13.9. The standard InChI is InChI=1S/C11H24N2O2S/c1-10-3-5-11(6-4-10)9-12-7-8-13-16(2,14)15/h10-13H,3-9H2,1-2H3. The molecule has 2 N–H and O–H groups in total. The Morgan fingerprint density at radius 3 is 2.31 bits per heavy atom. The van der Waals surface area contributed by atoms with Gasteiger partial charge in [-0.2, -0.15) is 0 Å². The fourth-order valence-corrected chi connectivity index (χ4v) is 2.64. The van der Waals surface area contributed by atoms with Gasteiger partial charge in [-0.05, 0) is 31.2 Å². The highest BCUT2D eigenvalue weighted by Crippen LogP contribution is 2.27. The molecule has 0 radical (unpaired) electrons. The second-order valence-electron chi connectivity index (χ2n) is 5.00. The molecule has 1 aliphatic carbocycles. The molecule has 0 aromatic heterocycles.